The highest BCUT2D eigenvalue weighted by atomic mass is 32.2. The number of halogens is 3. The number of methoxy groups -OCH3 is 1. The summed E-state index contributed by atoms with van der Waals surface area (Å²) in [6.07, 6.45) is 1.49. The number of ether oxygens (including phenoxy) is 2. The number of hydrogen-bond donors (Lipinski definition) is 1. The monoisotopic (exact) mass is 466 g/mol. The molecule has 12 heteroatoms. The van der Waals surface area contributed by atoms with Crippen LogP contribution in [0, 0.1) is 12.8 Å². The maximum atomic E-state index is 13.0. The Bertz CT molecular complexity index is 1040. The lowest BCUT2D eigenvalue weighted by Crippen LogP contribution is -2.29. The van der Waals surface area contributed by atoms with Crippen LogP contribution in [0.25, 0.3) is 0 Å². The number of esters is 1. The molecular weight excluding hydrogens is 445 g/mol. The predicted molar refractivity (Wildman–Crippen MR) is 101 cm³/mol. The molecule has 1 aromatic rings. The Morgan fingerprint density at radius 1 is 1.32 bits per heavy atom. The molecular formula is C19H21F3O8S. The number of alkyl halides is 3. The fraction of sp³-hybridized carbons (Fsp3) is 0.474. The van der Waals surface area contributed by atoms with E-state index in [4.69, 9.17) is 14.6 Å². The number of carboxylic acids is 1. The van der Waals surface area contributed by atoms with Crippen LogP contribution in [-0.2, 0) is 32.7 Å². The lowest BCUT2D eigenvalue weighted by atomic mass is 9.94. The highest BCUT2D eigenvalue weighted by Crippen LogP contribution is 2.44. The van der Waals surface area contributed by atoms with E-state index in [2.05, 4.69) is 4.18 Å². The second kappa shape index (κ2) is 8.77. The van der Waals surface area contributed by atoms with Crippen LogP contribution in [-0.4, -0.2) is 38.1 Å². The van der Waals surface area contributed by atoms with Gasteiger partial charge in [-0.15, -0.1) is 0 Å². The molecule has 1 heterocycles. The van der Waals surface area contributed by atoms with E-state index in [1.54, 1.807) is 13.8 Å². The molecule has 0 aromatic heterocycles. The predicted octanol–water partition coefficient (Wildman–Crippen LogP) is 3.50. The van der Waals surface area contributed by atoms with E-state index in [1.807, 2.05) is 0 Å². The Kier molecular flexibility index (Phi) is 6.94. The molecule has 0 bridgehead atoms. The largest absolute Gasteiger partial charge is 0.534 e. The van der Waals surface area contributed by atoms with Crippen LogP contribution in [0.5, 0.6) is 11.5 Å². The van der Waals surface area contributed by atoms with E-state index < -0.39 is 44.8 Å². The number of allylic oxidation sites excluding steroid dienone is 2. The summed E-state index contributed by atoms with van der Waals surface area (Å²) in [6.45, 7) is 4.38. The van der Waals surface area contributed by atoms with Gasteiger partial charge in [-0.05, 0) is 32.3 Å². The van der Waals surface area contributed by atoms with Crippen molar-refractivity contribution >= 4 is 22.1 Å². The van der Waals surface area contributed by atoms with E-state index in [-0.39, 0.29) is 36.3 Å². The molecule has 2 rings (SSSR count). The van der Waals surface area contributed by atoms with E-state index in [0.29, 0.717) is 11.1 Å². The van der Waals surface area contributed by atoms with Gasteiger partial charge in [0.05, 0.1) is 13.0 Å². The molecule has 0 saturated heterocycles. The summed E-state index contributed by atoms with van der Waals surface area (Å²) in [5.74, 6) is -3.53. The van der Waals surface area contributed by atoms with Crippen LogP contribution in [0.3, 0.4) is 0 Å². The third kappa shape index (κ3) is 4.94. The molecule has 0 radical (unpaired) electrons. The fourth-order valence-electron chi connectivity index (χ4n) is 3.19. The Morgan fingerprint density at radius 2 is 1.94 bits per heavy atom. The second-order valence-corrected chi connectivity index (χ2v) is 8.61. The summed E-state index contributed by atoms with van der Waals surface area (Å²) in [6, 6.07) is 0. The zero-order valence-corrected chi connectivity index (χ0v) is 17.9. The van der Waals surface area contributed by atoms with Crippen LogP contribution in [0.4, 0.5) is 13.2 Å². The van der Waals surface area contributed by atoms with Gasteiger partial charge in [0.1, 0.15) is 17.9 Å². The SMILES string of the molecule is COc1c(C)c2c(c(OS(=O)(=O)C(F)(F)F)c1CC=C(C)C[C@H](C)C(=O)O)C(=O)OC2. The van der Waals surface area contributed by atoms with Crippen molar-refractivity contribution in [2.45, 2.75) is 45.7 Å². The van der Waals surface area contributed by atoms with Crippen molar-refractivity contribution in [3.8, 4) is 11.5 Å². The van der Waals surface area contributed by atoms with Crippen molar-refractivity contribution in [3.63, 3.8) is 0 Å². The van der Waals surface area contributed by atoms with Gasteiger partial charge in [-0.25, -0.2) is 4.79 Å². The maximum absolute atomic E-state index is 13.0. The minimum atomic E-state index is -6.09. The first-order valence-electron chi connectivity index (χ1n) is 8.99. The van der Waals surface area contributed by atoms with Crippen LogP contribution in [0.2, 0.25) is 0 Å². The molecule has 1 atom stereocenters. The molecule has 0 aliphatic carbocycles. The molecule has 0 amide bonds. The van der Waals surface area contributed by atoms with Gasteiger partial charge in [-0.1, -0.05) is 18.6 Å². The van der Waals surface area contributed by atoms with Crippen molar-refractivity contribution < 1.29 is 49.9 Å². The topological polar surface area (TPSA) is 116 Å². The minimum Gasteiger partial charge on any atom is -0.496 e. The summed E-state index contributed by atoms with van der Waals surface area (Å²) in [4.78, 5) is 23.2. The summed E-state index contributed by atoms with van der Waals surface area (Å²) >= 11 is 0. The van der Waals surface area contributed by atoms with Crippen LogP contribution in [0.1, 0.15) is 47.3 Å². The zero-order valence-electron chi connectivity index (χ0n) is 17.1. The van der Waals surface area contributed by atoms with E-state index in [0.717, 1.165) is 0 Å². The Labute approximate surface area is 176 Å². The normalized spacial score (nSPS) is 15.3. The van der Waals surface area contributed by atoms with Gasteiger partial charge in [-0.3, -0.25) is 4.79 Å². The fourth-order valence-corrected chi connectivity index (χ4v) is 3.69. The highest BCUT2D eigenvalue weighted by Gasteiger charge is 2.50. The van der Waals surface area contributed by atoms with Gasteiger partial charge in [0.15, 0.2) is 5.75 Å². The average Bonchev–Trinajstić information content (AvgIpc) is 3.03. The number of benzene rings is 1. The molecule has 0 saturated carbocycles. The lowest BCUT2D eigenvalue weighted by Gasteiger charge is -2.19. The molecule has 0 unspecified atom stereocenters. The number of aliphatic carboxylic acids is 1. The van der Waals surface area contributed by atoms with Crippen molar-refractivity contribution in [1.29, 1.82) is 0 Å². The van der Waals surface area contributed by atoms with Gasteiger partial charge in [0, 0.05) is 11.1 Å². The van der Waals surface area contributed by atoms with Crippen molar-refractivity contribution in [1.82, 2.24) is 0 Å². The number of carbonyl (C=O) groups is 2. The second-order valence-electron chi connectivity index (χ2n) is 7.08. The quantitative estimate of drug-likeness (QED) is 0.268. The van der Waals surface area contributed by atoms with E-state index >= 15 is 0 Å². The number of rotatable bonds is 8. The molecule has 1 aliphatic heterocycles. The zero-order chi connectivity index (χ0) is 23.7. The summed E-state index contributed by atoms with van der Waals surface area (Å²) in [5, 5.41) is 9.03. The molecule has 0 spiro atoms. The average molecular weight is 466 g/mol. The Morgan fingerprint density at radius 3 is 2.45 bits per heavy atom. The molecule has 31 heavy (non-hydrogen) atoms. The van der Waals surface area contributed by atoms with E-state index in [1.165, 1.54) is 20.1 Å². The summed E-state index contributed by atoms with van der Waals surface area (Å²) in [5.41, 5.74) is -5.10. The lowest BCUT2D eigenvalue weighted by molar-refractivity contribution is -0.141. The molecule has 8 nitrogen and oxygen atoms in total. The van der Waals surface area contributed by atoms with Crippen molar-refractivity contribution in [2.24, 2.45) is 5.92 Å². The van der Waals surface area contributed by atoms with Crippen LogP contribution >= 0.6 is 0 Å². The first kappa shape index (κ1) is 24.5. The smallest absolute Gasteiger partial charge is 0.496 e. The van der Waals surface area contributed by atoms with Crippen LogP contribution in [0.15, 0.2) is 11.6 Å². The molecule has 1 N–H and O–H groups in total. The summed E-state index contributed by atoms with van der Waals surface area (Å²) < 4.78 is 76.9. The highest BCUT2D eigenvalue weighted by molar-refractivity contribution is 7.88. The van der Waals surface area contributed by atoms with Gasteiger partial charge in [0.25, 0.3) is 0 Å². The van der Waals surface area contributed by atoms with Crippen LogP contribution < -0.4 is 8.92 Å². The third-order valence-corrected chi connectivity index (χ3v) is 5.76. The molecule has 172 valence electrons. The number of cyclic esters (lactones) is 1. The van der Waals surface area contributed by atoms with Crippen molar-refractivity contribution in [3.05, 3.63) is 33.9 Å². The number of hydrogen-bond acceptors (Lipinski definition) is 7. The molecule has 1 aliphatic rings. The first-order valence-corrected chi connectivity index (χ1v) is 10.4. The Hall–Kier alpha value is -2.76. The van der Waals surface area contributed by atoms with Gasteiger partial charge in [0.2, 0.25) is 0 Å². The Balaban J connectivity index is 2.66. The number of carboxylic acid groups (broad SMARTS) is 1. The number of fused-ring (bicyclic) bond motifs is 1. The maximum Gasteiger partial charge on any atom is 0.534 e. The van der Waals surface area contributed by atoms with Crippen molar-refractivity contribution in [2.75, 3.05) is 7.11 Å². The van der Waals surface area contributed by atoms with E-state index in [9.17, 15) is 31.2 Å². The number of carbonyl (C=O) groups excluding carboxylic acids is 1. The standard InChI is InChI=1S/C19H21F3O8S/c1-9(7-10(2)17(23)24)5-6-12-15(28-4)11(3)13-8-29-18(25)14(13)16(12)30-31(26,27)19(20,21)22/h5,10H,6-8H2,1-4H3,(H,23,24)/t10-/m0/s1. The molecule has 0 fully saturated rings. The first-order chi connectivity index (χ1) is 14.2. The minimum absolute atomic E-state index is 0.0414. The van der Waals surface area contributed by atoms with Gasteiger partial charge < -0.3 is 18.8 Å². The van der Waals surface area contributed by atoms with Gasteiger partial charge >= 0.3 is 27.6 Å². The summed E-state index contributed by atoms with van der Waals surface area (Å²) in [7, 11) is -4.85. The third-order valence-electron chi connectivity index (χ3n) is 4.81. The van der Waals surface area contributed by atoms with Gasteiger partial charge in [-0.2, -0.15) is 21.6 Å². The molecule has 1 aromatic carbocycles.